The Morgan fingerprint density at radius 1 is 1.47 bits per heavy atom. The van der Waals surface area contributed by atoms with Crippen molar-refractivity contribution in [1.82, 2.24) is 5.32 Å². The zero-order chi connectivity index (χ0) is 14.6. The molecule has 0 saturated heterocycles. The lowest BCUT2D eigenvalue weighted by Crippen LogP contribution is -2.45. The monoisotopic (exact) mass is 287 g/mol. The Kier molecular flexibility index (Phi) is 5.30. The van der Waals surface area contributed by atoms with Gasteiger partial charge in [-0.25, -0.2) is 9.18 Å². The van der Waals surface area contributed by atoms with E-state index in [1.807, 2.05) is 6.92 Å². The summed E-state index contributed by atoms with van der Waals surface area (Å²) in [5.74, 6) is -3.04. The van der Waals surface area contributed by atoms with Gasteiger partial charge in [-0.2, -0.15) is 0 Å². The molecule has 104 valence electrons. The maximum atomic E-state index is 13.6. The maximum Gasteiger partial charge on any atom is 0.326 e. The first kappa shape index (κ1) is 15.4. The van der Waals surface area contributed by atoms with Crippen molar-refractivity contribution >= 4 is 23.5 Å². The summed E-state index contributed by atoms with van der Waals surface area (Å²) in [7, 11) is 0. The van der Waals surface area contributed by atoms with Crippen molar-refractivity contribution in [3.05, 3.63) is 34.6 Å². The summed E-state index contributed by atoms with van der Waals surface area (Å²) in [6.07, 6.45) is 0.579. The summed E-state index contributed by atoms with van der Waals surface area (Å²) >= 11 is 5.58. The minimum atomic E-state index is -1.15. The fourth-order valence-corrected chi connectivity index (χ4v) is 1.76. The molecule has 0 bridgehead atoms. The van der Waals surface area contributed by atoms with Crippen LogP contribution in [0.2, 0.25) is 5.02 Å². The van der Waals surface area contributed by atoms with Crippen molar-refractivity contribution in [2.75, 3.05) is 0 Å². The molecule has 6 heteroatoms. The number of hydrogen-bond donors (Lipinski definition) is 2. The molecule has 0 heterocycles. The molecular formula is C13H15ClFNO3. The summed E-state index contributed by atoms with van der Waals surface area (Å²) in [5.41, 5.74) is -0.262. The average Bonchev–Trinajstić information content (AvgIpc) is 2.37. The predicted octanol–water partition coefficient (Wildman–Crippen LogP) is 2.71. The molecule has 2 N–H and O–H groups in total. The molecule has 1 amide bonds. The van der Waals surface area contributed by atoms with Crippen LogP contribution in [0.1, 0.15) is 30.6 Å². The number of carbonyl (C=O) groups is 2. The number of hydrogen-bond acceptors (Lipinski definition) is 2. The van der Waals surface area contributed by atoms with E-state index in [9.17, 15) is 14.0 Å². The van der Waals surface area contributed by atoms with Crippen molar-refractivity contribution in [3.63, 3.8) is 0 Å². The van der Waals surface area contributed by atoms with Crippen LogP contribution in [0.15, 0.2) is 18.2 Å². The molecule has 2 unspecified atom stereocenters. The molecule has 19 heavy (non-hydrogen) atoms. The molecule has 0 aliphatic rings. The number of rotatable bonds is 5. The molecule has 0 aliphatic heterocycles. The normalized spacial score (nSPS) is 13.7. The van der Waals surface area contributed by atoms with Crippen molar-refractivity contribution in [3.8, 4) is 0 Å². The third kappa shape index (κ3) is 3.67. The largest absolute Gasteiger partial charge is 0.480 e. The van der Waals surface area contributed by atoms with E-state index in [0.29, 0.717) is 6.42 Å². The number of nitrogens with one attached hydrogen (secondary N) is 1. The van der Waals surface area contributed by atoms with E-state index < -0.39 is 23.7 Å². The molecule has 0 aromatic heterocycles. The Morgan fingerprint density at radius 2 is 2.11 bits per heavy atom. The van der Waals surface area contributed by atoms with E-state index in [1.54, 1.807) is 6.92 Å². The average molecular weight is 288 g/mol. The van der Waals surface area contributed by atoms with Crippen LogP contribution in [0.5, 0.6) is 0 Å². The van der Waals surface area contributed by atoms with Crippen LogP contribution in [0, 0.1) is 11.7 Å². The second-order valence-electron chi connectivity index (χ2n) is 4.28. The summed E-state index contributed by atoms with van der Waals surface area (Å²) < 4.78 is 13.6. The zero-order valence-corrected chi connectivity index (χ0v) is 11.4. The lowest BCUT2D eigenvalue weighted by molar-refractivity contribution is -0.140. The summed E-state index contributed by atoms with van der Waals surface area (Å²) in [6.45, 7) is 3.51. The Bertz CT molecular complexity index is 493. The lowest BCUT2D eigenvalue weighted by atomic mass is 9.99. The van der Waals surface area contributed by atoms with Crippen LogP contribution in [0.25, 0.3) is 0 Å². The third-order valence-electron chi connectivity index (χ3n) is 2.96. The van der Waals surface area contributed by atoms with Crippen LogP contribution >= 0.6 is 11.6 Å². The highest BCUT2D eigenvalue weighted by Gasteiger charge is 2.26. The van der Waals surface area contributed by atoms with Gasteiger partial charge in [0.25, 0.3) is 5.91 Å². The molecule has 0 radical (unpaired) electrons. The van der Waals surface area contributed by atoms with E-state index in [-0.39, 0.29) is 16.5 Å². The number of aliphatic carboxylic acids is 1. The van der Waals surface area contributed by atoms with Gasteiger partial charge in [-0.05, 0) is 18.1 Å². The van der Waals surface area contributed by atoms with Crippen LogP contribution in [0.3, 0.4) is 0 Å². The predicted molar refractivity (Wildman–Crippen MR) is 69.8 cm³/mol. The van der Waals surface area contributed by atoms with E-state index >= 15 is 0 Å². The minimum absolute atomic E-state index is 0.178. The van der Waals surface area contributed by atoms with Crippen molar-refractivity contribution < 1.29 is 19.1 Å². The summed E-state index contributed by atoms with van der Waals surface area (Å²) in [4.78, 5) is 23.0. The molecule has 0 saturated carbocycles. The topological polar surface area (TPSA) is 66.4 Å². The van der Waals surface area contributed by atoms with Crippen LogP contribution in [0.4, 0.5) is 4.39 Å². The fourth-order valence-electron chi connectivity index (χ4n) is 1.58. The van der Waals surface area contributed by atoms with Gasteiger partial charge in [-0.1, -0.05) is 37.9 Å². The molecule has 4 nitrogen and oxygen atoms in total. The maximum absolute atomic E-state index is 13.6. The second kappa shape index (κ2) is 6.52. The third-order valence-corrected chi connectivity index (χ3v) is 3.25. The highest BCUT2D eigenvalue weighted by Crippen LogP contribution is 2.18. The van der Waals surface area contributed by atoms with Gasteiger partial charge in [0.1, 0.15) is 6.04 Å². The van der Waals surface area contributed by atoms with E-state index in [4.69, 9.17) is 16.7 Å². The van der Waals surface area contributed by atoms with Crippen molar-refractivity contribution in [1.29, 1.82) is 0 Å². The highest BCUT2D eigenvalue weighted by molar-refractivity contribution is 6.31. The zero-order valence-electron chi connectivity index (χ0n) is 10.6. The lowest BCUT2D eigenvalue weighted by Gasteiger charge is -2.20. The second-order valence-corrected chi connectivity index (χ2v) is 4.68. The molecule has 2 atom stereocenters. The smallest absolute Gasteiger partial charge is 0.326 e. The van der Waals surface area contributed by atoms with Crippen molar-refractivity contribution in [2.45, 2.75) is 26.3 Å². The molecule has 0 spiro atoms. The van der Waals surface area contributed by atoms with Crippen LogP contribution in [-0.2, 0) is 4.79 Å². The number of carboxylic acids is 1. The van der Waals surface area contributed by atoms with Gasteiger partial charge in [0.05, 0.1) is 10.6 Å². The van der Waals surface area contributed by atoms with Gasteiger partial charge in [0, 0.05) is 0 Å². The summed E-state index contributed by atoms with van der Waals surface area (Å²) in [5, 5.41) is 11.2. The number of amides is 1. The van der Waals surface area contributed by atoms with Gasteiger partial charge in [0.15, 0.2) is 5.82 Å². The van der Waals surface area contributed by atoms with Gasteiger partial charge >= 0.3 is 5.97 Å². The van der Waals surface area contributed by atoms with Crippen LogP contribution < -0.4 is 5.32 Å². The first-order chi connectivity index (χ1) is 8.88. The first-order valence-electron chi connectivity index (χ1n) is 5.86. The van der Waals surface area contributed by atoms with Gasteiger partial charge in [-0.3, -0.25) is 4.79 Å². The Morgan fingerprint density at radius 3 is 2.63 bits per heavy atom. The van der Waals surface area contributed by atoms with E-state index in [2.05, 4.69) is 5.32 Å². The number of benzene rings is 1. The van der Waals surface area contributed by atoms with E-state index in [1.165, 1.54) is 18.2 Å². The quantitative estimate of drug-likeness (QED) is 0.875. The first-order valence-corrected chi connectivity index (χ1v) is 6.24. The van der Waals surface area contributed by atoms with Gasteiger partial charge in [0.2, 0.25) is 0 Å². The Balaban J connectivity index is 2.94. The highest BCUT2D eigenvalue weighted by atomic mass is 35.5. The van der Waals surface area contributed by atoms with E-state index in [0.717, 1.165) is 0 Å². The Labute approximate surface area is 115 Å². The molecule has 1 aromatic rings. The van der Waals surface area contributed by atoms with Gasteiger partial charge in [-0.15, -0.1) is 0 Å². The molecule has 0 fully saturated rings. The Hall–Kier alpha value is -1.62. The molecule has 0 aliphatic carbocycles. The SMILES string of the molecule is CCC(C)C(NC(=O)c1cccc(Cl)c1F)C(=O)O. The van der Waals surface area contributed by atoms with Gasteiger partial charge < -0.3 is 10.4 Å². The molecule has 1 aromatic carbocycles. The number of halogens is 2. The fraction of sp³-hybridized carbons (Fsp3) is 0.385. The summed E-state index contributed by atoms with van der Waals surface area (Å²) in [6, 6.07) is 2.94. The standard InChI is InChI=1S/C13H15ClFNO3/c1-3-7(2)11(13(18)19)16-12(17)8-5-4-6-9(14)10(8)15/h4-7,11H,3H2,1-2H3,(H,16,17)(H,18,19). The number of carbonyl (C=O) groups excluding carboxylic acids is 1. The number of carboxylic acid groups (broad SMARTS) is 1. The van der Waals surface area contributed by atoms with Crippen LogP contribution in [-0.4, -0.2) is 23.0 Å². The molecular weight excluding hydrogens is 273 g/mol. The van der Waals surface area contributed by atoms with Crippen molar-refractivity contribution in [2.24, 2.45) is 5.92 Å². The minimum Gasteiger partial charge on any atom is -0.480 e. The molecule has 1 rings (SSSR count).